The predicted molar refractivity (Wildman–Crippen MR) is 74.2 cm³/mol. The number of hydrogen-bond donors (Lipinski definition) is 2. The minimum Gasteiger partial charge on any atom is -0.396 e. The lowest BCUT2D eigenvalue weighted by molar-refractivity contribution is -0.384. The van der Waals surface area contributed by atoms with Gasteiger partial charge in [-0.2, -0.15) is 0 Å². The van der Waals surface area contributed by atoms with E-state index < -0.39 is 14.9 Å². The number of nitro benzene ring substituents is 1. The van der Waals surface area contributed by atoms with Crippen LogP contribution in [0.5, 0.6) is 0 Å². The number of hydrogen-bond acceptors (Lipinski definition) is 5. The number of halogens is 1. The lowest BCUT2D eigenvalue weighted by Gasteiger charge is -2.14. The maximum atomic E-state index is 12.1. The van der Waals surface area contributed by atoms with Crippen LogP contribution in [0.2, 0.25) is 5.02 Å². The summed E-state index contributed by atoms with van der Waals surface area (Å²) in [6.07, 6.45) is 0.942. The molecule has 1 rings (SSSR count). The van der Waals surface area contributed by atoms with Gasteiger partial charge in [-0.25, -0.2) is 13.1 Å². The highest BCUT2D eigenvalue weighted by Gasteiger charge is 2.22. The van der Waals surface area contributed by atoms with E-state index in [1.165, 1.54) is 0 Å². The second-order valence-electron chi connectivity index (χ2n) is 4.26. The molecule has 0 saturated carbocycles. The first-order valence-corrected chi connectivity index (χ1v) is 7.71. The Balaban J connectivity index is 2.95. The number of rotatable bonds is 7. The fourth-order valence-corrected chi connectivity index (χ4v) is 3.42. The Hall–Kier alpha value is -1.22. The Morgan fingerprint density at radius 1 is 1.50 bits per heavy atom. The molecule has 1 aromatic rings. The molecule has 0 spiro atoms. The summed E-state index contributed by atoms with van der Waals surface area (Å²) in [5, 5.41) is 19.1. The van der Waals surface area contributed by atoms with Crippen molar-refractivity contribution in [2.75, 3.05) is 6.61 Å². The molecule has 2 N–H and O–H groups in total. The van der Waals surface area contributed by atoms with Crippen molar-refractivity contribution in [2.45, 2.75) is 30.7 Å². The minimum absolute atomic E-state index is 0.0235. The monoisotopic (exact) mass is 322 g/mol. The van der Waals surface area contributed by atoms with Gasteiger partial charge in [0.05, 0.1) is 9.95 Å². The van der Waals surface area contributed by atoms with Crippen molar-refractivity contribution < 1.29 is 18.4 Å². The second-order valence-corrected chi connectivity index (χ2v) is 6.35. The zero-order valence-corrected chi connectivity index (χ0v) is 12.3. The molecule has 1 unspecified atom stereocenters. The Labute approximate surface area is 121 Å². The van der Waals surface area contributed by atoms with Crippen LogP contribution in [0, 0.1) is 10.1 Å². The van der Waals surface area contributed by atoms with Gasteiger partial charge >= 0.3 is 0 Å². The van der Waals surface area contributed by atoms with Crippen molar-refractivity contribution in [3.8, 4) is 0 Å². The van der Waals surface area contributed by atoms with E-state index in [2.05, 4.69) is 4.72 Å². The Kier molecular flexibility index (Phi) is 5.88. The molecule has 0 amide bonds. The molecule has 0 heterocycles. The normalized spacial score (nSPS) is 13.2. The smallest absolute Gasteiger partial charge is 0.271 e. The van der Waals surface area contributed by atoms with Crippen LogP contribution < -0.4 is 4.72 Å². The first kappa shape index (κ1) is 16.8. The molecule has 0 saturated heterocycles. The van der Waals surface area contributed by atoms with Gasteiger partial charge in [-0.3, -0.25) is 10.1 Å². The number of benzene rings is 1. The number of aliphatic hydroxyl groups excluding tert-OH is 1. The first-order valence-electron chi connectivity index (χ1n) is 5.85. The molecule has 112 valence electrons. The molecule has 0 aromatic heterocycles. The van der Waals surface area contributed by atoms with E-state index in [1.807, 2.05) is 0 Å². The van der Waals surface area contributed by atoms with Gasteiger partial charge in [-0.05, 0) is 25.8 Å². The molecule has 9 heteroatoms. The molecular formula is C11H15ClN2O5S. The van der Waals surface area contributed by atoms with Crippen LogP contribution in [0.25, 0.3) is 0 Å². The molecular weight excluding hydrogens is 308 g/mol. The van der Waals surface area contributed by atoms with Crippen molar-refractivity contribution in [1.29, 1.82) is 0 Å². The fraction of sp³-hybridized carbons (Fsp3) is 0.455. The van der Waals surface area contributed by atoms with E-state index in [1.54, 1.807) is 6.92 Å². The van der Waals surface area contributed by atoms with Crippen LogP contribution in [0.1, 0.15) is 19.8 Å². The van der Waals surface area contributed by atoms with Gasteiger partial charge in [-0.15, -0.1) is 0 Å². The molecule has 0 bridgehead atoms. The van der Waals surface area contributed by atoms with Gasteiger partial charge in [0.25, 0.3) is 5.69 Å². The molecule has 7 nitrogen and oxygen atoms in total. The van der Waals surface area contributed by atoms with Crippen LogP contribution >= 0.6 is 11.6 Å². The summed E-state index contributed by atoms with van der Waals surface area (Å²) in [5.41, 5.74) is -0.276. The lowest BCUT2D eigenvalue weighted by Crippen LogP contribution is -2.32. The zero-order valence-electron chi connectivity index (χ0n) is 10.7. The molecule has 0 aliphatic rings. The number of nitro groups is 1. The predicted octanol–water partition coefficient (Wildman–Crippen LogP) is 1.69. The molecule has 0 aliphatic carbocycles. The first-order chi connectivity index (χ1) is 9.27. The summed E-state index contributed by atoms with van der Waals surface area (Å²) < 4.78 is 26.6. The summed E-state index contributed by atoms with van der Waals surface area (Å²) in [6.45, 7) is 1.64. The van der Waals surface area contributed by atoms with Crippen molar-refractivity contribution in [3.63, 3.8) is 0 Å². The van der Waals surface area contributed by atoms with Gasteiger partial charge < -0.3 is 5.11 Å². The number of nitrogens with zero attached hydrogens (tertiary/aromatic N) is 1. The number of non-ortho nitro benzene ring substituents is 1. The van der Waals surface area contributed by atoms with Crippen LogP contribution in [0.4, 0.5) is 5.69 Å². The maximum absolute atomic E-state index is 12.1. The quantitative estimate of drug-likeness (QED) is 0.586. The highest BCUT2D eigenvalue weighted by molar-refractivity contribution is 7.89. The van der Waals surface area contributed by atoms with E-state index >= 15 is 0 Å². The molecule has 1 atom stereocenters. The second kappa shape index (κ2) is 6.98. The number of sulfonamides is 1. The largest absolute Gasteiger partial charge is 0.396 e. The van der Waals surface area contributed by atoms with Crippen molar-refractivity contribution in [1.82, 2.24) is 4.72 Å². The fourth-order valence-electron chi connectivity index (χ4n) is 1.61. The summed E-state index contributed by atoms with van der Waals surface area (Å²) in [6, 6.07) is 2.80. The average molecular weight is 323 g/mol. The van der Waals surface area contributed by atoms with Crippen molar-refractivity contribution in [2.24, 2.45) is 0 Å². The summed E-state index contributed by atoms with van der Waals surface area (Å²) in [4.78, 5) is 9.71. The third-order valence-electron chi connectivity index (χ3n) is 2.57. The van der Waals surface area contributed by atoms with Crippen LogP contribution in [-0.2, 0) is 10.0 Å². The van der Waals surface area contributed by atoms with Crippen molar-refractivity contribution >= 4 is 27.3 Å². The summed E-state index contributed by atoms with van der Waals surface area (Å²) in [5.74, 6) is 0. The SMILES string of the molecule is CC(CCCO)NS(=O)(=O)c1ccc([N+](=O)[O-])cc1Cl. The summed E-state index contributed by atoms with van der Waals surface area (Å²) >= 11 is 5.78. The van der Waals surface area contributed by atoms with E-state index in [0.29, 0.717) is 12.8 Å². The highest BCUT2D eigenvalue weighted by atomic mass is 35.5. The van der Waals surface area contributed by atoms with Crippen molar-refractivity contribution in [3.05, 3.63) is 33.3 Å². The lowest BCUT2D eigenvalue weighted by atomic mass is 10.2. The third kappa shape index (κ3) is 4.41. The Morgan fingerprint density at radius 2 is 2.15 bits per heavy atom. The number of aliphatic hydroxyl groups is 1. The van der Waals surface area contributed by atoms with Crippen LogP contribution in [0.3, 0.4) is 0 Å². The molecule has 20 heavy (non-hydrogen) atoms. The van der Waals surface area contributed by atoms with E-state index in [4.69, 9.17) is 16.7 Å². The molecule has 0 fully saturated rings. The van der Waals surface area contributed by atoms with Gasteiger partial charge in [0.2, 0.25) is 10.0 Å². The van der Waals surface area contributed by atoms with Gasteiger partial charge in [0.15, 0.2) is 0 Å². The van der Waals surface area contributed by atoms with Gasteiger partial charge in [0.1, 0.15) is 4.90 Å². The standard InChI is InChI=1S/C11H15ClN2O5S/c1-8(3-2-6-15)13-20(18,19)11-5-4-9(14(16)17)7-10(11)12/h4-5,7-8,13,15H,2-3,6H2,1H3. The van der Waals surface area contributed by atoms with E-state index in [-0.39, 0.29) is 28.3 Å². The molecule has 0 radical (unpaired) electrons. The Bertz CT molecular complexity index is 590. The third-order valence-corrected chi connectivity index (χ3v) is 4.64. The van der Waals surface area contributed by atoms with Crippen LogP contribution in [-0.4, -0.2) is 31.1 Å². The summed E-state index contributed by atoms with van der Waals surface area (Å²) in [7, 11) is -3.85. The minimum atomic E-state index is -3.85. The highest BCUT2D eigenvalue weighted by Crippen LogP contribution is 2.26. The maximum Gasteiger partial charge on any atom is 0.271 e. The zero-order chi connectivity index (χ0) is 15.3. The van der Waals surface area contributed by atoms with E-state index in [9.17, 15) is 18.5 Å². The molecule has 1 aromatic carbocycles. The number of nitrogens with one attached hydrogen (secondary N) is 1. The van der Waals surface area contributed by atoms with E-state index in [0.717, 1.165) is 18.2 Å². The van der Waals surface area contributed by atoms with Gasteiger partial charge in [-0.1, -0.05) is 11.6 Å². The average Bonchev–Trinajstić information content (AvgIpc) is 2.35. The van der Waals surface area contributed by atoms with Gasteiger partial charge in [0, 0.05) is 24.8 Å². The Morgan fingerprint density at radius 3 is 2.65 bits per heavy atom. The molecule has 0 aliphatic heterocycles. The topological polar surface area (TPSA) is 110 Å². The van der Waals surface area contributed by atoms with Crippen LogP contribution in [0.15, 0.2) is 23.1 Å².